The number of carbonyl (C=O) groups excluding carboxylic acids is 1. The van der Waals surface area contributed by atoms with Crippen LogP contribution in [-0.2, 0) is 16.2 Å². The van der Waals surface area contributed by atoms with Crippen LogP contribution in [0.3, 0.4) is 0 Å². The third-order valence-electron chi connectivity index (χ3n) is 6.59. The highest BCUT2D eigenvalue weighted by molar-refractivity contribution is 7.89. The van der Waals surface area contributed by atoms with E-state index in [1.807, 2.05) is 20.8 Å². The van der Waals surface area contributed by atoms with Gasteiger partial charge in [0.05, 0.1) is 16.0 Å². The van der Waals surface area contributed by atoms with Gasteiger partial charge in [0.2, 0.25) is 10.0 Å². The molecule has 0 unspecified atom stereocenters. The lowest BCUT2D eigenvalue weighted by Gasteiger charge is -2.35. The Labute approximate surface area is 191 Å². The molecule has 0 aliphatic carbocycles. The van der Waals surface area contributed by atoms with Crippen molar-refractivity contribution in [3.63, 3.8) is 0 Å². The van der Waals surface area contributed by atoms with Gasteiger partial charge < -0.3 is 10.0 Å². The molecular formula is C23H27F3N2O4S. The van der Waals surface area contributed by atoms with Crippen molar-refractivity contribution in [3.05, 3.63) is 57.1 Å². The number of alkyl halides is 3. The van der Waals surface area contributed by atoms with Crippen molar-refractivity contribution in [2.75, 3.05) is 26.2 Å². The fourth-order valence-corrected chi connectivity index (χ4v) is 6.22. The van der Waals surface area contributed by atoms with Crippen LogP contribution < -0.4 is 0 Å². The van der Waals surface area contributed by atoms with Crippen molar-refractivity contribution < 1.29 is 31.5 Å². The molecule has 2 aromatic rings. The topological polar surface area (TPSA) is 77.9 Å². The second-order valence-corrected chi connectivity index (χ2v) is 10.3. The number of carbonyl (C=O) groups is 1. The molecule has 1 amide bonds. The maximum absolute atomic E-state index is 13.5. The van der Waals surface area contributed by atoms with Gasteiger partial charge in [0.15, 0.2) is 0 Å². The number of nitrogens with zero attached hydrogens (tertiary/aromatic N) is 2. The number of benzene rings is 2. The first-order chi connectivity index (χ1) is 15.2. The van der Waals surface area contributed by atoms with Crippen molar-refractivity contribution in [2.24, 2.45) is 0 Å². The maximum Gasteiger partial charge on any atom is 0.417 e. The molecule has 1 fully saturated rings. The molecule has 0 aromatic heterocycles. The summed E-state index contributed by atoms with van der Waals surface area (Å²) in [6.07, 6.45) is -4.76. The smallest absolute Gasteiger partial charge is 0.417 e. The number of hydrogen-bond donors (Lipinski definition) is 1. The summed E-state index contributed by atoms with van der Waals surface area (Å²) in [6.45, 7) is 9.02. The minimum absolute atomic E-state index is 0.0426. The minimum Gasteiger partial charge on any atom is -0.508 e. The average Bonchev–Trinajstić information content (AvgIpc) is 2.75. The monoisotopic (exact) mass is 484 g/mol. The van der Waals surface area contributed by atoms with E-state index in [4.69, 9.17) is 0 Å². The van der Waals surface area contributed by atoms with Gasteiger partial charge in [-0.1, -0.05) is 0 Å². The van der Waals surface area contributed by atoms with Gasteiger partial charge in [0.1, 0.15) is 5.75 Å². The van der Waals surface area contributed by atoms with Crippen LogP contribution in [0, 0.1) is 34.6 Å². The normalized spacial score (nSPS) is 15.7. The van der Waals surface area contributed by atoms with Crippen LogP contribution in [0.25, 0.3) is 0 Å². The zero-order valence-electron chi connectivity index (χ0n) is 19.2. The van der Waals surface area contributed by atoms with Gasteiger partial charge in [0, 0.05) is 26.2 Å². The summed E-state index contributed by atoms with van der Waals surface area (Å²) in [5, 5.41) is 9.62. The number of sulfonamides is 1. The van der Waals surface area contributed by atoms with E-state index < -0.39 is 39.0 Å². The zero-order valence-corrected chi connectivity index (χ0v) is 20.0. The summed E-state index contributed by atoms with van der Waals surface area (Å²) in [4.78, 5) is 14.3. The van der Waals surface area contributed by atoms with E-state index >= 15 is 0 Å². The molecule has 33 heavy (non-hydrogen) atoms. The van der Waals surface area contributed by atoms with Gasteiger partial charge in [-0.05, 0) is 80.6 Å². The number of aromatic hydroxyl groups is 1. The van der Waals surface area contributed by atoms with Gasteiger partial charge in [-0.2, -0.15) is 17.5 Å². The molecule has 0 spiro atoms. The van der Waals surface area contributed by atoms with E-state index in [0.717, 1.165) is 28.8 Å². The first-order valence-corrected chi connectivity index (χ1v) is 11.9. The van der Waals surface area contributed by atoms with Crippen LogP contribution in [0.5, 0.6) is 5.75 Å². The lowest BCUT2D eigenvalue weighted by molar-refractivity contribution is -0.138. The Morgan fingerprint density at radius 3 is 1.85 bits per heavy atom. The van der Waals surface area contributed by atoms with E-state index in [1.165, 1.54) is 9.21 Å². The Morgan fingerprint density at radius 1 is 0.879 bits per heavy atom. The predicted octanol–water partition coefficient (Wildman–Crippen LogP) is 4.10. The number of piperazine rings is 1. The van der Waals surface area contributed by atoms with Crippen LogP contribution >= 0.6 is 0 Å². The molecule has 0 atom stereocenters. The molecule has 1 aliphatic heterocycles. The predicted molar refractivity (Wildman–Crippen MR) is 118 cm³/mol. The van der Waals surface area contributed by atoms with Crippen LogP contribution in [0.1, 0.15) is 43.7 Å². The Morgan fingerprint density at radius 2 is 1.36 bits per heavy atom. The largest absolute Gasteiger partial charge is 0.508 e. The highest BCUT2D eigenvalue weighted by Gasteiger charge is 2.38. The standard InChI is InChI=1S/C23H27F3N2O4S/c1-13-14(2)16(4)21(17(5)15(13)3)33(31,32)28-10-8-27(9-11-28)22(30)19-12-18(29)6-7-20(19)23(24,25)26/h6-7,12,29H,8-11H2,1-5H3. The molecule has 10 heteroatoms. The van der Waals surface area contributed by atoms with E-state index in [-0.39, 0.29) is 31.1 Å². The lowest BCUT2D eigenvalue weighted by Crippen LogP contribution is -2.51. The quantitative estimate of drug-likeness (QED) is 0.712. The summed E-state index contributed by atoms with van der Waals surface area (Å²) in [5.41, 5.74) is 2.37. The Hall–Kier alpha value is -2.59. The van der Waals surface area contributed by atoms with Crippen LogP contribution in [0.4, 0.5) is 13.2 Å². The van der Waals surface area contributed by atoms with Gasteiger partial charge in [-0.15, -0.1) is 0 Å². The molecule has 0 saturated carbocycles. The van der Waals surface area contributed by atoms with E-state index in [9.17, 15) is 31.5 Å². The number of rotatable bonds is 3. The molecule has 3 rings (SSSR count). The highest BCUT2D eigenvalue weighted by Crippen LogP contribution is 2.35. The van der Waals surface area contributed by atoms with Crippen molar-refractivity contribution in [2.45, 2.75) is 45.7 Å². The number of hydrogen-bond acceptors (Lipinski definition) is 4. The number of phenols is 1. The third kappa shape index (κ3) is 4.46. The number of phenolic OH excluding ortho intramolecular Hbond substituents is 1. The number of amides is 1. The van der Waals surface area contributed by atoms with Crippen LogP contribution in [0.2, 0.25) is 0 Å². The van der Waals surface area contributed by atoms with Crippen LogP contribution in [0.15, 0.2) is 23.1 Å². The fourth-order valence-electron chi connectivity index (χ4n) is 4.24. The Bertz CT molecular complexity index is 1190. The molecule has 0 radical (unpaired) electrons. The second-order valence-electron chi connectivity index (χ2n) is 8.38. The summed E-state index contributed by atoms with van der Waals surface area (Å²) in [5.74, 6) is -1.35. The van der Waals surface area contributed by atoms with Gasteiger partial charge >= 0.3 is 6.18 Å². The van der Waals surface area contributed by atoms with E-state index in [0.29, 0.717) is 17.2 Å². The second kappa shape index (κ2) is 8.64. The molecule has 1 aliphatic rings. The lowest BCUT2D eigenvalue weighted by atomic mass is 9.95. The molecule has 2 aromatic carbocycles. The van der Waals surface area contributed by atoms with Gasteiger partial charge in [-0.3, -0.25) is 4.79 Å². The number of halogens is 3. The van der Waals surface area contributed by atoms with Crippen LogP contribution in [-0.4, -0.2) is 54.8 Å². The highest BCUT2D eigenvalue weighted by atomic mass is 32.2. The first-order valence-electron chi connectivity index (χ1n) is 10.4. The first kappa shape index (κ1) is 25.0. The third-order valence-corrected chi connectivity index (χ3v) is 8.77. The van der Waals surface area contributed by atoms with Crippen molar-refractivity contribution >= 4 is 15.9 Å². The summed E-state index contributed by atoms with van der Waals surface area (Å²) < 4.78 is 68.2. The van der Waals surface area contributed by atoms with Crippen molar-refractivity contribution in [1.29, 1.82) is 0 Å². The molecule has 0 bridgehead atoms. The van der Waals surface area contributed by atoms with Crippen molar-refractivity contribution in [1.82, 2.24) is 9.21 Å². The molecule has 1 N–H and O–H groups in total. The average molecular weight is 485 g/mol. The SMILES string of the molecule is Cc1c(C)c(C)c(S(=O)(=O)N2CCN(C(=O)c3cc(O)ccc3C(F)(F)F)CC2)c(C)c1C. The Balaban J connectivity index is 1.87. The van der Waals surface area contributed by atoms with E-state index in [1.54, 1.807) is 13.8 Å². The van der Waals surface area contributed by atoms with E-state index in [2.05, 4.69) is 0 Å². The molecule has 1 heterocycles. The van der Waals surface area contributed by atoms with Crippen molar-refractivity contribution in [3.8, 4) is 5.75 Å². The summed E-state index contributed by atoms with van der Waals surface area (Å²) >= 11 is 0. The summed E-state index contributed by atoms with van der Waals surface area (Å²) in [7, 11) is -3.86. The molecule has 180 valence electrons. The summed E-state index contributed by atoms with van der Waals surface area (Å²) in [6, 6.07) is 2.33. The fraction of sp³-hybridized carbons (Fsp3) is 0.435. The van der Waals surface area contributed by atoms with Gasteiger partial charge in [0.25, 0.3) is 5.91 Å². The maximum atomic E-state index is 13.5. The zero-order chi connectivity index (χ0) is 24.9. The van der Waals surface area contributed by atoms with Gasteiger partial charge in [-0.25, -0.2) is 8.42 Å². The Kier molecular flexibility index (Phi) is 6.56. The molecule has 1 saturated heterocycles. The molecule has 6 nitrogen and oxygen atoms in total. The minimum atomic E-state index is -4.76. The molecular weight excluding hydrogens is 457 g/mol.